The highest BCUT2D eigenvalue weighted by Crippen LogP contribution is 2.26. The van der Waals surface area contributed by atoms with Crippen molar-refractivity contribution < 1.29 is 4.79 Å². The van der Waals surface area contributed by atoms with Gasteiger partial charge in [-0.1, -0.05) is 29.8 Å². The maximum absolute atomic E-state index is 12.5. The summed E-state index contributed by atoms with van der Waals surface area (Å²) in [6.07, 6.45) is 3.62. The monoisotopic (exact) mass is 365 g/mol. The first-order chi connectivity index (χ1) is 12.5. The quantitative estimate of drug-likeness (QED) is 0.655. The molecule has 0 fully saturated rings. The van der Waals surface area contributed by atoms with E-state index in [2.05, 4.69) is 47.3 Å². The molecule has 0 unspecified atom stereocenters. The molecule has 4 nitrogen and oxygen atoms in total. The molecule has 2 heterocycles. The standard InChI is InChI=1S/C21H23N3OS/c1-14-9-10-17(15(2)13-14)7-6-12-23-20(25)19-16(3)24-21(26-19)18-8-4-5-11-22-18/h4-5,8-11,13H,6-7,12H2,1-3H3,(H,23,25). The molecule has 0 atom stereocenters. The lowest BCUT2D eigenvalue weighted by Gasteiger charge is -2.08. The van der Waals surface area contributed by atoms with Gasteiger partial charge in [0.1, 0.15) is 9.88 Å². The molecule has 0 spiro atoms. The van der Waals surface area contributed by atoms with Gasteiger partial charge in [-0.05, 0) is 56.9 Å². The lowest BCUT2D eigenvalue weighted by atomic mass is 10.0. The van der Waals surface area contributed by atoms with Crippen molar-refractivity contribution in [3.8, 4) is 10.7 Å². The number of benzene rings is 1. The van der Waals surface area contributed by atoms with Gasteiger partial charge in [0.2, 0.25) is 0 Å². The number of pyridine rings is 1. The third-order valence-electron chi connectivity index (χ3n) is 4.29. The second-order valence-electron chi connectivity index (χ2n) is 6.44. The van der Waals surface area contributed by atoms with Crippen molar-refractivity contribution in [2.24, 2.45) is 0 Å². The zero-order valence-electron chi connectivity index (χ0n) is 15.4. The van der Waals surface area contributed by atoms with E-state index in [4.69, 9.17) is 0 Å². The van der Waals surface area contributed by atoms with Gasteiger partial charge in [-0.25, -0.2) is 4.98 Å². The number of aryl methyl sites for hydroxylation is 4. The molecule has 0 saturated carbocycles. The minimum absolute atomic E-state index is 0.0530. The highest BCUT2D eigenvalue weighted by Gasteiger charge is 2.16. The van der Waals surface area contributed by atoms with Crippen molar-refractivity contribution in [2.75, 3.05) is 6.54 Å². The lowest BCUT2D eigenvalue weighted by Crippen LogP contribution is -2.24. The fourth-order valence-corrected chi connectivity index (χ4v) is 3.85. The van der Waals surface area contributed by atoms with Gasteiger partial charge in [-0.3, -0.25) is 9.78 Å². The second kappa shape index (κ2) is 8.23. The van der Waals surface area contributed by atoms with Crippen LogP contribution in [0.3, 0.4) is 0 Å². The second-order valence-corrected chi connectivity index (χ2v) is 7.44. The molecule has 0 bridgehead atoms. The smallest absolute Gasteiger partial charge is 0.263 e. The van der Waals surface area contributed by atoms with Crippen molar-refractivity contribution in [1.29, 1.82) is 0 Å². The molecule has 5 heteroatoms. The van der Waals surface area contributed by atoms with Gasteiger partial charge in [0.25, 0.3) is 5.91 Å². The molecule has 0 saturated heterocycles. The molecular formula is C21H23N3OS. The van der Waals surface area contributed by atoms with Gasteiger partial charge in [-0.15, -0.1) is 11.3 Å². The average molecular weight is 366 g/mol. The summed E-state index contributed by atoms with van der Waals surface area (Å²) in [6, 6.07) is 12.2. The van der Waals surface area contributed by atoms with Gasteiger partial charge >= 0.3 is 0 Å². The van der Waals surface area contributed by atoms with Crippen molar-refractivity contribution >= 4 is 17.2 Å². The van der Waals surface area contributed by atoms with Crippen molar-refractivity contribution in [3.63, 3.8) is 0 Å². The lowest BCUT2D eigenvalue weighted by molar-refractivity contribution is 0.0956. The summed E-state index contributed by atoms with van der Waals surface area (Å²) in [7, 11) is 0. The van der Waals surface area contributed by atoms with Gasteiger partial charge in [-0.2, -0.15) is 0 Å². The number of carbonyl (C=O) groups is 1. The van der Waals surface area contributed by atoms with Crippen LogP contribution in [0.15, 0.2) is 42.6 Å². The van der Waals surface area contributed by atoms with Gasteiger partial charge < -0.3 is 5.32 Å². The van der Waals surface area contributed by atoms with Crippen LogP contribution in [0, 0.1) is 20.8 Å². The highest BCUT2D eigenvalue weighted by atomic mass is 32.1. The maximum atomic E-state index is 12.5. The minimum atomic E-state index is -0.0530. The van der Waals surface area contributed by atoms with E-state index in [1.54, 1.807) is 6.20 Å². The molecule has 3 rings (SSSR count). The van der Waals surface area contributed by atoms with Crippen LogP contribution in [-0.2, 0) is 6.42 Å². The average Bonchev–Trinajstić information content (AvgIpc) is 3.03. The number of amides is 1. The van der Waals surface area contributed by atoms with E-state index >= 15 is 0 Å². The SMILES string of the molecule is Cc1ccc(CCCNC(=O)c2sc(-c3ccccn3)nc2C)c(C)c1. The Morgan fingerprint density at radius 1 is 1.15 bits per heavy atom. The van der Waals surface area contributed by atoms with E-state index in [-0.39, 0.29) is 5.91 Å². The van der Waals surface area contributed by atoms with Crippen LogP contribution in [0.25, 0.3) is 10.7 Å². The predicted molar refractivity (Wildman–Crippen MR) is 107 cm³/mol. The Morgan fingerprint density at radius 3 is 2.73 bits per heavy atom. The van der Waals surface area contributed by atoms with Crippen LogP contribution in [0.1, 0.15) is 38.5 Å². The summed E-state index contributed by atoms with van der Waals surface area (Å²) in [5.41, 5.74) is 5.49. The molecule has 26 heavy (non-hydrogen) atoms. The molecule has 1 aromatic carbocycles. The number of carbonyl (C=O) groups excluding carboxylic acids is 1. The molecule has 134 valence electrons. The Bertz CT molecular complexity index is 903. The first-order valence-corrected chi connectivity index (χ1v) is 9.59. The van der Waals surface area contributed by atoms with Crippen LogP contribution >= 0.6 is 11.3 Å². The normalized spacial score (nSPS) is 10.7. The van der Waals surface area contributed by atoms with E-state index in [1.165, 1.54) is 28.0 Å². The summed E-state index contributed by atoms with van der Waals surface area (Å²) >= 11 is 1.39. The topological polar surface area (TPSA) is 54.9 Å². The third kappa shape index (κ3) is 4.35. The van der Waals surface area contributed by atoms with E-state index in [9.17, 15) is 4.79 Å². The molecule has 2 aromatic heterocycles. The van der Waals surface area contributed by atoms with Crippen molar-refractivity contribution in [2.45, 2.75) is 33.6 Å². The maximum Gasteiger partial charge on any atom is 0.263 e. The summed E-state index contributed by atoms with van der Waals surface area (Å²) in [5.74, 6) is -0.0530. The number of nitrogens with one attached hydrogen (secondary N) is 1. The zero-order chi connectivity index (χ0) is 18.5. The Balaban J connectivity index is 1.56. The molecule has 3 aromatic rings. The number of aromatic nitrogens is 2. The fourth-order valence-electron chi connectivity index (χ4n) is 2.89. The molecule has 0 aliphatic heterocycles. The molecule has 0 aliphatic rings. The largest absolute Gasteiger partial charge is 0.351 e. The summed E-state index contributed by atoms with van der Waals surface area (Å²) in [6.45, 7) is 6.77. The van der Waals surface area contributed by atoms with Gasteiger partial charge in [0.15, 0.2) is 0 Å². The number of hydrogen-bond donors (Lipinski definition) is 1. The minimum Gasteiger partial charge on any atom is -0.351 e. The number of thiazole rings is 1. The predicted octanol–water partition coefficient (Wildman–Crippen LogP) is 4.49. The van der Waals surface area contributed by atoms with E-state index in [0.717, 1.165) is 29.2 Å². The number of rotatable bonds is 6. The molecule has 0 radical (unpaired) electrons. The first kappa shape index (κ1) is 18.3. The van der Waals surface area contributed by atoms with Crippen LogP contribution < -0.4 is 5.32 Å². The molecule has 1 N–H and O–H groups in total. The zero-order valence-corrected chi connectivity index (χ0v) is 16.2. The number of hydrogen-bond acceptors (Lipinski definition) is 4. The molecule has 0 aliphatic carbocycles. The third-order valence-corrected chi connectivity index (χ3v) is 5.47. The van der Waals surface area contributed by atoms with Crippen molar-refractivity contribution in [3.05, 3.63) is 69.9 Å². The summed E-state index contributed by atoms with van der Waals surface area (Å²) in [5, 5.41) is 3.80. The first-order valence-electron chi connectivity index (χ1n) is 8.78. The van der Waals surface area contributed by atoms with Crippen LogP contribution in [0.2, 0.25) is 0 Å². The highest BCUT2D eigenvalue weighted by molar-refractivity contribution is 7.17. The van der Waals surface area contributed by atoms with E-state index < -0.39 is 0 Å². The van der Waals surface area contributed by atoms with Crippen LogP contribution in [0.5, 0.6) is 0 Å². The van der Waals surface area contributed by atoms with Gasteiger partial charge in [0.05, 0.1) is 11.4 Å². The summed E-state index contributed by atoms with van der Waals surface area (Å²) < 4.78 is 0. The Labute approximate surface area is 158 Å². The Kier molecular flexibility index (Phi) is 5.78. The van der Waals surface area contributed by atoms with E-state index in [0.29, 0.717) is 11.4 Å². The fraction of sp³-hybridized carbons (Fsp3) is 0.286. The van der Waals surface area contributed by atoms with Gasteiger partial charge in [0, 0.05) is 12.7 Å². The van der Waals surface area contributed by atoms with Crippen LogP contribution in [0.4, 0.5) is 0 Å². The molecule has 1 amide bonds. The Morgan fingerprint density at radius 2 is 2.00 bits per heavy atom. The Hall–Kier alpha value is -2.53. The van der Waals surface area contributed by atoms with E-state index in [1.807, 2.05) is 25.1 Å². The molecular weight excluding hydrogens is 342 g/mol. The van der Waals surface area contributed by atoms with Crippen LogP contribution in [-0.4, -0.2) is 22.4 Å². The van der Waals surface area contributed by atoms with Crippen molar-refractivity contribution in [1.82, 2.24) is 15.3 Å². The number of nitrogens with zero attached hydrogens (tertiary/aromatic N) is 2. The summed E-state index contributed by atoms with van der Waals surface area (Å²) in [4.78, 5) is 21.9.